The fourth-order valence-electron chi connectivity index (χ4n) is 2.80. The van der Waals surface area contributed by atoms with Gasteiger partial charge in [-0.2, -0.15) is 0 Å². The highest BCUT2D eigenvalue weighted by Gasteiger charge is 2.26. The highest BCUT2D eigenvalue weighted by molar-refractivity contribution is 9.10. The minimum atomic E-state index is -1.08. The lowest BCUT2D eigenvalue weighted by Crippen LogP contribution is -2.33. The van der Waals surface area contributed by atoms with E-state index in [2.05, 4.69) is 20.9 Å². The van der Waals surface area contributed by atoms with Crippen LogP contribution in [0.3, 0.4) is 0 Å². The largest absolute Gasteiger partial charge is 0.387 e. The van der Waals surface area contributed by atoms with Gasteiger partial charge in [0.25, 0.3) is 0 Å². The Morgan fingerprint density at radius 1 is 1.23 bits per heavy atom. The topological polar surface area (TPSA) is 62.6 Å². The SMILES string of the molecule is CCSc1cc(Br)cnc1C(O)CC(O)OC(C)(C)Cc1ccccc1. The Bertz CT molecular complexity index is 697. The number of aliphatic hydroxyl groups is 2. The van der Waals surface area contributed by atoms with Gasteiger partial charge in [-0.05, 0) is 47.2 Å². The van der Waals surface area contributed by atoms with Crippen LogP contribution in [0.15, 0.2) is 52.0 Å². The van der Waals surface area contributed by atoms with Crippen molar-refractivity contribution in [1.29, 1.82) is 0 Å². The second-order valence-electron chi connectivity index (χ2n) is 6.72. The third kappa shape index (κ3) is 6.67. The van der Waals surface area contributed by atoms with Crippen LogP contribution in [0.1, 0.15) is 44.6 Å². The van der Waals surface area contributed by atoms with Crippen LogP contribution in [-0.2, 0) is 11.2 Å². The van der Waals surface area contributed by atoms with Crippen LogP contribution >= 0.6 is 27.7 Å². The molecule has 2 atom stereocenters. The van der Waals surface area contributed by atoms with Crippen LogP contribution in [-0.4, -0.2) is 32.8 Å². The second-order valence-corrected chi connectivity index (χ2v) is 8.94. The Kier molecular flexibility index (Phi) is 8.10. The van der Waals surface area contributed by atoms with Crippen molar-refractivity contribution in [3.05, 3.63) is 58.3 Å². The second kappa shape index (κ2) is 9.85. The van der Waals surface area contributed by atoms with E-state index in [1.54, 1.807) is 18.0 Å². The Morgan fingerprint density at radius 3 is 2.58 bits per heavy atom. The quantitative estimate of drug-likeness (QED) is 0.436. The van der Waals surface area contributed by atoms with Gasteiger partial charge in [0.15, 0.2) is 6.29 Å². The van der Waals surface area contributed by atoms with Crippen molar-refractivity contribution in [1.82, 2.24) is 4.98 Å². The highest BCUT2D eigenvalue weighted by atomic mass is 79.9. The van der Waals surface area contributed by atoms with Crippen molar-refractivity contribution in [2.75, 3.05) is 5.75 Å². The molecule has 142 valence electrons. The zero-order chi connectivity index (χ0) is 19.2. The summed E-state index contributed by atoms with van der Waals surface area (Å²) in [5.74, 6) is 0.876. The Hall–Kier alpha value is -0.920. The maximum Gasteiger partial charge on any atom is 0.158 e. The molecule has 2 rings (SSSR count). The van der Waals surface area contributed by atoms with E-state index >= 15 is 0 Å². The zero-order valence-electron chi connectivity index (χ0n) is 15.4. The Morgan fingerprint density at radius 2 is 1.92 bits per heavy atom. The lowest BCUT2D eigenvalue weighted by atomic mass is 9.98. The van der Waals surface area contributed by atoms with Crippen molar-refractivity contribution in [3.8, 4) is 0 Å². The van der Waals surface area contributed by atoms with E-state index in [9.17, 15) is 10.2 Å². The summed E-state index contributed by atoms with van der Waals surface area (Å²) in [6.45, 7) is 5.92. The first-order valence-corrected chi connectivity index (χ1v) is 10.4. The predicted molar refractivity (Wildman–Crippen MR) is 109 cm³/mol. The summed E-state index contributed by atoms with van der Waals surface area (Å²) in [5, 5.41) is 20.9. The number of benzene rings is 1. The van der Waals surface area contributed by atoms with Crippen molar-refractivity contribution >= 4 is 27.7 Å². The summed E-state index contributed by atoms with van der Waals surface area (Å²) < 4.78 is 6.68. The predicted octanol–water partition coefficient (Wildman–Crippen LogP) is 4.74. The number of aromatic nitrogens is 1. The smallest absolute Gasteiger partial charge is 0.158 e. The molecule has 0 fully saturated rings. The minimum Gasteiger partial charge on any atom is -0.387 e. The van der Waals surface area contributed by atoms with Crippen LogP contribution in [0.2, 0.25) is 0 Å². The molecule has 2 aromatic rings. The molecule has 26 heavy (non-hydrogen) atoms. The molecule has 1 aromatic heterocycles. The summed E-state index contributed by atoms with van der Waals surface area (Å²) in [6, 6.07) is 11.9. The maximum atomic E-state index is 10.5. The average Bonchev–Trinajstić information content (AvgIpc) is 2.54. The van der Waals surface area contributed by atoms with Gasteiger partial charge in [-0.25, -0.2) is 0 Å². The van der Waals surface area contributed by atoms with Gasteiger partial charge >= 0.3 is 0 Å². The molecule has 6 heteroatoms. The van der Waals surface area contributed by atoms with Gasteiger partial charge in [0, 0.05) is 28.4 Å². The third-order valence-corrected chi connectivity index (χ3v) is 5.18. The molecule has 2 N–H and O–H groups in total. The first-order chi connectivity index (χ1) is 12.3. The Labute approximate surface area is 168 Å². The van der Waals surface area contributed by atoms with Crippen LogP contribution in [0.5, 0.6) is 0 Å². The summed E-state index contributed by atoms with van der Waals surface area (Å²) >= 11 is 5.02. The van der Waals surface area contributed by atoms with Gasteiger partial charge in [-0.3, -0.25) is 4.98 Å². The lowest BCUT2D eigenvalue weighted by molar-refractivity contribution is -0.185. The van der Waals surface area contributed by atoms with Gasteiger partial charge in [-0.1, -0.05) is 37.3 Å². The highest BCUT2D eigenvalue weighted by Crippen LogP contribution is 2.31. The monoisotopic (exact) mass is 439 g/mol. The number of ether oxygens (including phenoxy) is 1. The summed E-state index contributed by atoms with van der Waals surface area (Å²) in [4.78, 5) is 5.24. The maximum absolute atomic E-state index is 10.5. The summed E-state index contributed by atoms with van der Waals surface area (Å²) in [7, 11) is 0. The van der Waals surface area contributed by atoms with E-state index in [1.807, 2.05) is 57.2 Å². The van der Waals surface area contributed by atoms with Gasteiger partial charge in [-0.15, -0.1) is 11.8 Å². The average molecular weight is 440 g/mol. The van der Waals surface area contributed by atoms with Gasteiger partial charge in [0.05, 0.1) is 11.3 Å². The normalized spacial score (nSPS) is 14.2. The Balaban J connectivity index is 1.99. The molecule has 0 radical (unpaired) electrons. The third-order valence-electron chi connectivity index (χ3n) is 3.82. The molecule has 0 aliphatic carbocycles. The van der Waals surface area contributed by atoms with Crippen molar-refractivity contribution < 1.29 is 14.9 Å². The number of rotatable bonds is 9. The number of nitrogens with zero attached hydrogens (tertiary/aromatic N) is 1. The molecule has 0 amide bonds. The van der Waals surface area contributed by atoms with E-state index in [4.69, 9.17) is 4.74 Å². The van der Waals surface area contributed by atoms with E-state index in [0.717, 1.165) is 20.7 Å². The molecular weight excluding hydrogens is 414 g/mol. The molecular formula is C20H26BrNO3S. The molecule has 1 heterocycles. The lowest BCUT2D eigenvalue weighted by Gasteiger charge is -2.29. The first kappa shape index (κ1) is 21.4. The summed E-state index contributed by atoms with van der Waals surface area (Å²) in [5.41, 5.74) is 1.17. The van der Waals surface area contributed by atoms with Gasteiger partial charge in [0.1, 0.15) is 6.10 Å². The first-order valence-electron chi connectivity index (χ1n) is 8.67. The fourth-order valence-corrected chi connectivity index (χ4v) is 4.14. The van der Waals surface area contributed by atoms with Crippen LogP contribution in [0.25, 0.3) is 0 Å². The van der Waals surface area contributed by atoms with Crippen LogP contribution in [0, 0.1) is 0 Å². The number of thioether (sulfide) groups is 1. The zero-order valence-corrected chi connectivity index (χ0v) is 17.8. The van der Waals surface area contributed by atoms with E-state index in [1.165, 1.54) is 0 Å². The molecule has 0 aliphatic heterocycles. The van der Waals surface area contributed by atoms with Crippen molar-refractivity contribution in [2.24, 2.45) is 0 Å². The van der Waals surface area contributed by atoms with Gasteiger partial charge in [0.2, 0.25) is 0 Å². The van der Waals surface area contributed by atoms with E-state index < -0.39 is 18.0 Å². The minimum absolute atomic E-state index is 0.0735. The number of hydrogen-bond donors (Lipinski definition) is 2. The molecule has 0 saturated heterocycles. The number of halogens is 1. The van der Waals surface area contributed by atoms with E-state index in [0.29, 0.717) is 12.1 Å². The fraction of sp³-hybridized carbons (Fsp3) is 0.450. The van der Waals surface area contributed by atoms with Crippen LogP contribution < -0.4 is 0 Å². The summed E-state index contributed by atoms with van der Waals surface area (Å²) in [6.07, 6.45) is 0.442. The molecule has 2 unspecified atom stereocenters. The van der Waals surface area contributed by atoms with Crippen molar-refractivity contribution in [2.45, 2.75) is 56.5 Å². The van der Waals surface area contributed by atoms with Crippen molar-refractivity contribution in [3.63, 3.8) is 0 Å². The number of hydrogen-bond acceptors (Lipinski definition) is 5. The van der Waals surface area contributed by atoms with Gasteiger partial charge < -0.3 is 14.9 Å². The number of pyridine rings is 1. The van der Waals surface area contributed by atoms with Crippen LogP contribution in [0.4, 0.5) is 0 Å². The van der Waals surface area contributed by atoms with E-state index in [-0.39, 0.29) is 6.42 Å². The molecule has 0 spiro atoms. The number of aliphatic hydroxyl groups excluding tert-OH is 2. The molecule has 0 aliphatic rings. The molecule has 4 nitrogen and oxygen atoms in total. The molecule has 1 aromatic carbocycles. The molecule has 0 bridgehead atoms. The standard InChI is InChI=1S/C20H26BrNO3S/c1-4-26-17-10-15(21)13-22-19(17)16(23)11-18(24)25-20(2,3)12-14-8-6-5-7-9-14/h5-10,13,16,18,23-24H,4,11-12H2,1-3H3. The molecule has 0 saturated carbocycles.